The monoisotopic (exact) mass is 600 g/mol. The van der Waals surface area contributed by atoms with Crippen molar-refractivity contribution < 1.29 is 27.8 Å². The number of likely N-dealkylation sites (tertiary alicyclic amines) is 1. The Morgan fingerprint density at radius 3 is 2.57 bits per heavy atom. The van der Waals surface area contributed by atoms with Crippen LogP contribution in [0.25, 0.3) is 0 Å². The molecule has 5 atom stereocenters. The van der Waals surface area contributed by atoms with Crippen molar-refractivity contribution in [2.75, 3.05) is 20.1 Å². The smallest absolute Gasteiger partial charge is 0.416 e. The Balaban J connectivity index is 1.18. The first-order chi connectivity index (χ1) is 21.0. The van der Waals surface area contributed by atoms with E-state index >= 15 is 0 Å². The second-order valence-corrected chi connectivity index (χ2v) is 13.0. The summed E-state index contributed by atoms with van der Waals surface area (Å²) in [6.45, 7) is 4.25. The third-order valence-electron chi connectivity index (χ3n) is 11.0. The summed E-state index contributed by atoms with van der Waals surface area (Å²) in [4.78, 5) is 17.7. The van der Waals surface area contributed by atoms with Crippen molar-refractivity contribution in [1.82, 2.24) is 9.80 Å². The highest BCUT2D eigenvalue weighted by atomic mass is 19.4. The molecule has 2 aliphatic heterocycles. The lowest BCUT2D eigenvalue weighted by atomic mass is 9.43. The Bertz CT molecular complexity index is 1660. The number of ether oxygens (including phenoxy) is 1. The van der Waals surface area contributed by atoms with Gasteiger partial charge in [0.15, 0.2) is 11.5 Å². The molecule has 3 aromatic rings. The van der Waals surface area contributed by atoms with Crippen molar-refractivity contribution in [2.24, 2.45) is 5.41 Å². The van der Waals surface area contributed by atoms with E-state index in [-0.39, 0.29) is 28.7 Å². The molecule has 0 radical (unpaired) electrons. The Labute approximate surface area is 255 Å². The number of hydrogen-bond donors (Lipinski definition) is 1. The average Bonchev–Trinajstić information content (AvgIpc) is 3.36. The van der Waals surface area contributed by atoms with Crippen molar-refractivity contribution >= 4 is 5.91 Å². The van der Waals surface area contributed by atoms with Crippen molar-refractivity contribution in [1.29, 1.82) is 0 Å². The average molecular weight is 601 g/mol. The lowest BCUT2D eigenvalue weighted by Gasteiger charge is -2.66. The van der Waals surface area contributed by atoms with E-state index in [9.17, 15) is 23.1 Å². The van der Waals surface area contributed by atoms with Gasteiger partial charge in [0, 0.05) is 42.1 Å². The third kappa shape index (κ3) is 4.31. The van der Waals surface area contributed by atoms with E-state index in [1.807, 2.05) is 12.1 Å². The number of rotatable bonds is 4. The molecule has 0 unspecified atom stereocenters. The van der Waals surface area contributed by atoms with Crippen LogP contribution in [0.1, 0.15) is 54.0 Å². The zero-order valence-corrected chi connectivity index (χ0v) is 24.8. The van der Waals surface area contributed by atoms with Gasteiger partial charge in [-0.25, -0.2) is 0 Å². The summed E-state index contributed by atoms with van der Waals surface area (Å²) in [7, 11) is 1.73. The molecule has 1 saturated carbocycles. The number of benzene rings is 3. The summed E-state index contributed by atoms with van der Waals surface area (Å²) >= 11 is 0. The number of piperidine rings is 1. The molecule has 3 aromatic carbocycles. The molecule has 2 bridgehead atoms. The predicted octanol–water partition coefficient (Wildman–Crippen LogP) is 5.96. The number of halogens is 3. The van der Waals surface area contributed by atoms with Gasteiger partial charge in [0.2, 0.25) is 0 Å². The van der Waals surface area contributed by atoms with Crippen molar-refractivity contribution in [3.8, 4) is 23.3 Å². The van der Waals surface area contributed by atoms with E-state index in [2.05, 4.69) is 47.9 Å². The number of hydrogen-bond acceptors (Lipinski definition) is 4. The van der Waals surface area contributed by atoms with Crippen LogP contribution >= 0.6 is 0 Å². The summed E-state index contributed by atoms with van der Waals surface area (Å²) in [5.41, 5.74) is 2.75. The number of amides is 1. The Kier molecular flexibility index (Phi) is 6.74. The van der Waals surface area contributed by atoms with Gasteiger partial charge in [0.1, 0.15) is 6.10 Å². The number of carbonyl (C=O) groups excluding carboxylic acids is 1. The van der Waals surface area contributed by atoms with Gasteiger partial charge < -0.3 is 14.7 Å². The summed E-state index contributed by atoms with van der Waals surface area (Å²) in [6.07, 6.45) is -0.430. The first-order valence-electron chi connectivity index (χ1n) is 15.3. The lowest BCUT2D eigenvalue weighted by molar-refractivity contribution is -0.149. The minimum Gasteiger partial charge on any atom is -0.504 e. The first-order valence-corrected chi connectivity index (χ1v) is 15.3. The van der Waals surface area contributed by atoms with Crippen LogP contribution in [0.4, 0.5) is 13.2 Å². The Hall–Kier alpha value is -3.96. The molecule has 5 nitrogen and oxygen atoms in total. The maximum Gasteiger partial charge on any atom is 0.416 e. The highest BCUT2D eigenvalue weighted by molar-refractivity contribution is 5.94. The fraction of sp³-hybridized carbons (Fsp3) is 0.417. The Morgan fingerprint density at radius 1 is 1.09 bits per heavy atom. The van der Waals surface area contributed by atoms with E-state index in [1.165, 1.54) is 23.3 Å². The summed E-state index contributed by atoms with van der Waals surface area (Å²) in [5, 5.41) is 11.0. The zero-order valence-electron chi connectivity index (χ0n) is 24.8. The summed E-state index contributed by atoms with van der Waals surface area (Å²) in [5.74, 6) is 5.67. The second-order valence-electron chi connectivity index (χ2n) is 13.0. The van der Waals surface area contributed by atoms with Crippen LogP contribution in [0.5, 0.6) is 11.5 Å². The van der Waals surface area contributed by atoms with Gasteiger partial charge in [-0.1, -0.05) is 49.2 Å². The highest BCUT2D eigenvalue weighted by Gasteiger charge is 2.71. The Morgan fingerprint density at radius 2 is 1.84 bits per heavy atom. The van der Waals surface area contributed by atoms with E-state index in [0.717, 1.165) is 62.9 Å². The number of aromatic hydroxyl groups is 1. The lowest BCUT2D eigenvalue weighted by Crippen LogP contribution is -2.73. The van der Waals surface area contributed by atoms with Crippen molar-refractivity contribution in [2.45, 2.75) is 68.8 Å². The molecule has 1 saturated heterocycles. The van der Waals surface area contributed by atoms with Crippen molar-refractivity contribution in [3.05, 3.63) is 94.5 Å². The van der Waals surface area contributed by atoms with Gasteiger partial charge in [-0.05, 0) is 85.5 Å². The number of carbonyl (C=O) groups is 1. The van der Waals surface area contributed by atoms with E-state index < -0.39 is 17.6 Å². The SMILES string of the molecule is CN(C(=O)C#Cc1ccc(C(F)(F)F)cc1)[C@@H]1CC[C@@]2(C)[C@H]3Cc4ccc(O)c5c4[C@@]2(CCN3CCc2ccccc2)[C@H]1O5. The summed E-state index contributed by atoms with van der Waals surface area (Å²) < 4.78 is 45.6. The molecule has 228 valence electrons. The topological polar surface area (TPSA) is 53.0 Å². The molecule has 1 amide bonds. The van der Waals surface area contributed by atoms with E-state index in [0.29, 0.717) is 17.4 Å². The molecule has 1 spiro atoms. The largest absolute Gasteiger partial charge is 0.504 e. The predicted molar refractivity (Wildman–Crippen MR) is 160 cm³/mol. The molecule has 7 rings (SSSR count). The molecule has 2 aliphatic carbocycles. The van der Waals surface area contributed by atoms with Crippen LogP contribution in [0.2, 0.25) is 0 Å². The van der Waals surface area contributed by atoms with Crippen LogP contribution in [0.15, 0.2) is 66.7 Å². The number of phenolic OH excluding ortho intramolecular Hbond substituents is 1. The van der Waals surface area contributed by atoms with Gasteiger partial charge in [-0.3, -0.25) is 9.69 Å². The summed E-state index contributed by atoms with van der Waals surface area (Å²) in [6, 6.07) is 18.9. The van der Waals surface area contributed by atoms with Crippen LogP contribution in [0, 0.1) is 17.3 Å². The molecular weight excluding hydrogens is 565 g/mol. The van der Waals surface area contributed by atoms with E-state index in [1.54, 1.807) is 18.0 Å². The van der Waals surface area contributed by atoms with Gasteiger partial charge in [0.25, 0.3) is 5.91 Å². The van der Waals surface area contributed by atoms with Crippen LogP contribution in [-0.2, 0) is 29.2 Å². The van der Waals surface area contributed by atoms with Gasteiger partial charge >= 0.3 is 6.18 Å². The van der Waals surface area contributed by atoms with Crippen LogP contribution in [-0.4, -0.2) is 59.1 Å². The molecule has 44 heavy (non-hydrogen) atoms. The standard InChI is InChI=1S/C36H35F3N2O3/c1-34-18-16-27(40(2)30(43)15-10-24-8-12-26(13-9-24)36(37,38)39)33-35(34)19-21-41(20-17-23-6-4-3-5-7-23)29(34)22-25-11-14-28(42)32(44-33)31(25)35/h3-9,11-14,27,29,33,42H,16-22H2,1-2H3/t27-,29-,33+,34+,35+/m1/s1. The fourth-order valence-corrected chi connectivity index (χ4v) is 8.75. The second kappa shape index (κ2) is 10.3. The number of likely N-dealkylation sites (N-methyl/N-ethyl adjacent to an activating group) is 1. The van der Waals surface area contributed by atoms with Gasteiger partial charge in [0.05, 0.1) is 11.6 Å². The third-order valence-corrected chi connectivity index (χ3v) is 11.0. The van der Waals surface area contributed by atoms with Gasteiger partial charge in [-0.2, -0.15) is 13.2 Å². The molecule has 8 heteroatoms. The van der Waals surface area contributed by atoms with Crippen LogP contribution < -0.4 is 4.74 Å². The van der Waals surface area contributed by atoms with Crippen LogP contribution in [0.3, 0.4) is 0 Å². The van der Waals surface area contributed by atoms with E-state index in [4.69, 9.17) is 4.74 Å². The molecule has 2 heterocycles. The normalized spacial score (nSPS) is 28.3. The molecule has 0 aromatic heterocycles. The van der Waals surface area contributed by atoms with Crippen molar-refractivity contribution in [3.63, 3.8) is 0 Å². The maximum absolute atomic E-state index is 13.4. The fourth-order valence-electron chi connectivity index (χ4n) is 8.75. The number of nitrogens with zero attached hydrogens (tertiary/aromatic N) is 2. The molecule has 1 N–H and O–H groups in total. The molecule has 4 aliphatic rings. The molecular formula is C36H35F3N2O3. The minimum absolute atomic E-state index is 0.120. The van der Waals surface area contributed by atoms with Gasteiger partial charge in [-0.15, -0.1) is 0 Å². The quantitative estimate of drug-likeness (QED) is 0.376. The maximum atomic E-state index is 13.4. The zero-order chi connectivity index (χ0) is 30.9. The first kappa shape index (κ1) is 28.8. The molecule has 2 fully saturated rings. The number of phenols is 1. The number of alkyl halides is 3. The highest BCUT2D eigenvalue weighted by Crippen LogP contribution is 2.69. The minimum atomic E-state index is -4.43.